The van der Waals surface area contributed by atoms with Crippen LogP contribution in [0, 0.1) is 0 Å². The molecule has 0 aromatic carbocycles. The maximum Gasteiger partial charge on any atom is 0.334 e. The lowest BCUT2D eigenvalue weighted by molar-refractivity contribution is -0.00000413. The van der Waals surface area contributed by atoms with Gasteiger partial charge in [0.2, 0.25) is 0 Å². The van der Waals surface area contributed by atoms with Gasteiger partial charge in [0.25, 0.3) is 0 Å². The molecule has 0 aliphatic rings. The molecular formula is C2ClF4-. The molecule has 0 N–H and O–H groups in total. The molecule has 0 saturated heterocycles. The summed E-state index contributed by atoms with van der Waals surface area (Å²) in [6, 6.07) is 0. The van der Waals surface area contributed by atoms with Gasteiger partial charge >= 0.3 is 12.2 Å². The summed E-state index contributed by atoms with van der Waals surface area (Å²) in [4.78, 5) is 0. The summed E-state index contributed by atoms with van der Waals surface area (Å²) in [7, 11) is 0. The Bertz CT molecular complexity index is 59.8. The molecule has 0 fully saturated rings. The smallest absolute Gasteiger partial charge is 0.334 e. The van der Waals surface area contributed by atoms with Crippen LogP contribution in [0.25, 0.3) is 0 Å². The Kier molecular flexibility index (Phi) is 5.54. The van der Waals surface area contributed by atoms with E-state index in [1.807, 2.05) is 0 Å². The molecule has 0 aliphatic carbocycles. The molecule has 0 heterocycles. The van der Waals surface area contributed by atoms with Crippen LogP contribution in [-0.2, 0) is 0 Å². The van der Waals surface area contributed by atoms with Gasteiger partial charge in [-0.15, -0.1) is 0 Å². The highest BCUT2D eigenvalue weighted by Crippen LogP contribution is 2.08. The van der Waals surface area contributed by atoms with Crippen molar-refractivity contribution in [2.75, 3.05) is 0 Å². The normalized spacial score (nSPS) is 6.86. The Hall–Kier alpha value is -0.250. The van der Waals surface area contributed by atoms with Crippen molar-refractivity contribution in [3.63, 3.8) is 0 Å². The second-order valence-electron chi connectivity index (χ2n) is 0.521. The minimum atomic E-state index is -2.91. The fourth-order valence-corrected chi connectivity index (χ4v) is 0. The molecule has 0 spiro atoms. The first-order chi connectivity index (χ1) is 2.64. The largest absolute Gasteiger partial charge is 1.00 e. The first-order valence-corrected chi connectivity index (χ1v) is 1.01. The van der Waals surface area contributed by atoms with Crippen molar-refractivity contribution < 1.29 is 30.0 Å². The first kappa shape index (κ1) is 9.89. The Morgan fingerprint density at radius 2 is 0.857 bits per heavy atom. The van der Waals surface area contributed by atoms with E-state index < -0.39 is 12.2 Å². The molecule has 0 rings (SSSR count). The van der Waals surface area contributed by atoms with Crippen molar-refractivity contribution in [3.05, 3.63) is 12.2 Å². The van der Waals surface area contributed by atoms with Crippen LogP contribution in [-0.4, -0.2) is 0 Å². The van der Waals surface area contributed by atoms with Gasteiger partial charge in [-0.2, -0.15) is 17.6 Å². The standard InChI is InChI=1S/C2F4.ClH/c3-1(4)2(5)6;/h;1H/p-1. The monoisotopic (exact) mass is 135 g/mol. The van der Waals surface area contributed by atoms with E-state index in [1.165, 1.54) is 0 Å². The molecule has 0 unspecified atom stereocenters. The molecule has 0 bridgehead atoms. The lowest BCUT2D eigenvalue weighted by Crippen LogP contribution is -3.00. The van der Waals surface area contributed by atoms with E-state index in [4.69, 9.17) is 0 Å². The van der Waals surface area contributed by atoms with Gasteiger partial charge in [-0.3, -0.25) is 0 Å². The topological polar surface area (TPSA) is 0 Å². The third kappa shape index (κ3) is 5.75. The summed E-state index contributed by atoms with van der Waals surface area (Å²) >= 11 is 0. The van der Waals surface area contributed by atoms with Crippen LogP contribution in [0.3, 0.4) is 0 Å². The summed E-state index contributed by atoms with van der Waals surface area (Å²) in [5.74, 6) is 0. The number of halogens is 5. The first-order valence-electron chi connectivity index (χ1n) is 1.01. The van der Waals surface area contributed by atoms with Crippen molar-refractivity contribution in [2.45, 2.75) is 0 Å². The van der Waals surface area contributed by atoms with Gasteiger partial charge < -0.3 is 12.4 Å². The Labute approximate surface area is 43.2 Å². The number of rotatable bonds is 0. The van der Waals surface area contributed by atoms with Crippen LogP contribution >= 0.6 is 0 Å². The van der Waals surface area contributed by atoms with E-state index in [0.29, 0.717) is 0 Å². The van der Waals surface area contributed by atoms with Gasteiger partial charge in [0.1, 0.15) is 0 Å². The lowest BCUT2D eigenvalue weighted by atomic mass is 11.1. The molecule has 44 valence electrons. The van der Waals surface area contributed by atoms with Gasteiger partial charge in [-0.25, -0.2) is 0 Å². The Balaban J connectivity index is 0. The fraction of sp³-hybridized carbons (Fsp3) is 0. The molecular weight excluding hydrogens is 135 g/mol. The van der Waals surface area contributed by atoms with Crippen LogP contribution in [0.1, 0.15) is 0 Å². The summed E-state index contributed by atoms with van der Waals surface area (Å²) in [6.07, 6.45) is -5.81. The Morgan fingerprint density at radius 3 is 0.857 bits per heavy atom. The van der Waals surface area contributed by atoms with Crippen LogP contribution in [0.2, 0.25) is 0 Å². The van der Waals surface area contributed by atoms with E-state index >= 15 is 0 Å². The second kappa shape index (κ2) is 3.92. The second-order valence-corrected chi connectivity index (χ2v) is 0.521. The van der Waals surface area contributed by atoms with E-state index in [2.05, 4.69) is 0 Å². The fourth-order valence-electron chi connectivity index (χ4n) is 0. The van der Waals surface area contributed by atoms with E-state index in [1.54, 1.807) is 0 Å². The summed E-state index contributed by atoms with van der Waals surface area (Å²) < 4.78 is 41.1. The van der Waals surface area contributed by atoms with Crippen LogP contribution < -0.4 is 12.4 Å². The van der Waals surface area contributed by atoms with E-state index in [-0.39, 0.29) is 12.4 Å². The van der Waals surface area contributed by atoms with Crippen LogP contribution in [0.15, 0.2) is 12.2 Å². The zero-order valence-corrected chi connectivity index (χ0v) is 3.65. The molecule has 0 nitrogen and oxygen atoms in total. The zero-order chi connectivity index (χ0) is 5.15. The maximum atomic E-state index is 10.3. The molecule has 0 aliphatic heterocycles. The molecule has 7 heavy (non-hydrogen) atoms. The van der Waals surface area contributed by atoms with Crippen molar-refractivity contribution in [3.8, 4) is 0 Å². The lowest BCUT2D eigenvalue weighted by Gasteiger charge is -1.69. The molecule has 0 aromatic heterocycles. The Morgan fingerprint density at radius 1 is 0.714 bits per heavy atom. The summed E-state index contributed by atoms with van der Waals surface area (Å²) in [6.45, 7) is 0. The molecule has 5 heteroatoms. The highest BCUT2D eigenvalue weighted by molar-refractivity contribution is 4.77. The highest BCUT2D eigenvalue weighted by atomic mass is 35.5. The molecule has 0 amide bonds. The average Bonchev–Trinajstić information content (AvgIpc) is 1.36. The molecule has 0 aromatic rings. The molecule has 0 atom stereocenters. The SMILES string of the molecule is FC(F)=C(F)F.[Cl-]. The third-order valence-electron chi connectivity index (χ3n) is 0.143. The summed E-state index contributed by atoms with van der Waals surface area (Å²) in [5.41, 5.74) is 0. The zero-order valence-electron chi connectivity index (χ0n) is 2.89. The average molecular weight is 135 g/mol. The van der Waals surface area contributed by atoms with Crippen molar-refractivity contribution in [1.82, 2.24) is 0 Å². The van der Waals surface area contributed by atoms with E-state index in [0.717, 1.165) is 0 Å². The number of hydrogen-bond acceptors (Lipinski definition) is 0. The third-order valence-corrected chi connectivity index (χ3v) is 0.143. The summed E-state index contributed by atoms with van der Waals surface area (Å²) in [5, 5.41) is 0. The van der Waals surface area contributed by atoms with Gasteiger partial charge in [-0.05, 0) is 0 Å². The minimum absolute atomic E-state index is 0. The van der Waals surface area contributed by atoms with Gasteiger partial charge in [-0.1, -0.05) is 0 Å². The van der Waals surface area contributed by atoms with Crippen LogP contribution in [0.4, 0.5) is 17.6 Å². The number of hydrogen-bond donors (Lipinski definition) is 0. The van der Waals surface area contributed by atoms with Gasteiger partial charge in [0.05, 0.1) is 0 Å². The van der Waals surface area contributed by atoms with Crippen molar-refractivity contribution >= 4 is 0 Å². The van der Waals surface area contributed by atoms with Crippen molar-refractivity contribution in [1.29, 1.82) is 0 Å². The van der Waals surface area contributed by atoms with E-state index in [9.17, 15) is 17.6 Å². The van der Waals surface area contributed by atoms with Gasteiger partial charge in [0.15, 0.2) is 0 Å². The quantitative estimate of drug-likeness (QED) is 0.374. The van der Waals surface area contributed by atoms with Crippen LogP contribution in [0.5, 0.6) is 0 Å². The molecule has 0 saturated carbocycles. The molecule has 0 radical (unpaired) electrons. The van der Waals surface area contributed by atoms with Crippen molar-refractivity contribution in [2.24, 2.45) is 0 Å². The predicted molar refractivity (Wildman–Crippen MR) is 11.5 cm³/mol. The maximum absolute atomic E-state index is 10.3. The highest BCUT2D eigenvalue weighted by Gasteiger charge is 1.98. The van der Waals surface area contributed by atoms with Gasteiger partial charge in [0, 0.05) is 0 Å². The minimum Gasteiger partial charge on any atom is -1.00 e. The predicted octanol–water partition coefficient (Wildman–Crippen LogP) is -1.00.